The first-order valence-electron chi connectivity index (χ1n) is 5.53. The predicted molar refractivity (Wildman–Crippen MR) is 62.9 cm³/mol. The molecule has 0 aliphatic heterocycles. The minimum atomic E-state index is -0.202. The van der Waals surface area contributed by atoms with Crippen LogP contribution in [0.5, 0.6) is 0 Å². The van der Waals surface area contributed by atoms with E-state index < -0.39 is 0 Å². The first kappa shape index (κ1) is 10.2. The van der Waals surface area contributed by atoms with Crippen LogP contribution in [0, 0.1) is 0 Å². The van der Waals surface area contributed by atoms with Gasteiger partial charge in [-0.3, -0.25) is 0 Å². The lowest BCUT2D eigenvalue weighted by atomic mass is 10.0. The van der Waals surface area contributed by atoms with Crippen LogP contribution in [0.4, 0.5) is 0 Å². The van der Waals surface area contributed by atoms with E-state index in [2.05, 4.69) is 36.2 Å². The predicted octanol–water partition coefficient (Wildman–Crippen LogP) is 2.87. The molecule has 0 fully saturated rings. The molecule has 2 aromatic rings. The number of fused-ring (bicyclic) bond motifs is 1. The molecule has 1 aromatic heterocycles. The summed E-state index contributed by atoms with van der Waals surface area (Å²) in [5.74, 6) is 0. The van der Waals surface area contributed by atoms with E-state index >= 15 is 0 Å². The third kappa shape index (κ3) is 2.39. The Morgan fingerprint density at radius 3 is 3.00 bits per heavy atom. The summed E-state index contributed by atoms with van der Waals surface area (Å²) >= 11 is 0. The van der Waals surface area contributed by atoms with Gasteiger partial charge in [0.1, 0.15) is 0 Å². The second-order valence-electron chi connectivity index (χ2n) is 4.05. The van der Waals surface area contributed by atoms with Crippen molar-refractivity contribution in [2.24, 2.45) is 0 Å². The van der Waals surface area contributed by atoms with Crippen LogP contribution in [0.3, 0.4) is 0 Å². The minimum absolute atomic E-state index is 0.202. The highest BCUT2D eigenvalue weighted by Gasteiger charge is 2.04. The van der Waals surface area contributed by atoms with Crippen LogP contribution in [0.1, 0.15) is 25.3 Å². The molecule has 0 aliphatic carbocycles. The van der Waals surface area contributed by atoms with E-state index in [0.717, 1.165) is 24.8 Å². The number of benzene rings is 1. The number of hydrogen-bond donors (Lipinski definition) is 2. The van der Waals surface area contributed by atoms with Crippen molar-refractivity contribution in [2.75, 3.05) is 0 Å². The van der Waals surface area contributed by atoms with Gasteiger partial charge < -0.3 is 10.1 Å². The lowest BCUT2D eigenvalue weighted by molar-refractivity contribution is 0.164. The molecule has 2 rings (SSSR count). The molecular formula is C13H17NO. The number of aliphatic hydroxyl groups is 1. The lowest BCUT2D eigenvalue weighted by Gasteiger charge is -2.08. The highest BCUT2D eigenvalue weighted by Crippen LogP contribution is 2.16. The summed E-state index contributed by atoms with van der Waals surface area (Å²) in [4.78, 5) is 3.16. The van der Waals surface area contributed by atoms with Crippen molar-refractivity contribution in [3.8, 4) is 0 Å². The van der Waals surface area contributed by atoms with Crippen molar-refractivity contribution in [2.45, 2.75) is 32.3 Å². The second-order valence-corrected chi connectivity index (χ2v) is 4.05. The van der Waals surface area contributed by atoms with Crippen LogP contribution in [-0.4, -0.2) is 16.2 Å². The molecular weight excluding hydrogens is 186 g/mol. The van der Waals surface area contributed by atoms with Crippen molar-refractivity contribution in [1.82, 2.24) is 4.98 Å². The Bertz CT molecular complexity index is 433. The molecule has 1 heterocycles. The molecule has 0 amide bonds. The summed E-state index contributed by atoms with van der Waals surface area (Å²) in [7, 11) is 0. The molecule has 1 aromatic carbocycles. The fourth-order valence-corrected chi connectivity index (χ4v) is 1.94. The van der Waals surface area contributed by atoms with Crippen LogP contribution >= 0.6 is 0 Å². The molecule has 0 radical (unpaired) electrons. The number of aliphatic hydroxyl groups excluding tert-OH is 1. The van der Waals surface area contributed by atoms with Gasteiger partial charge in [0.15, 0.2) is 0 Å². The van der Waals surface area contributed by atoms with Crippen molar-refractivity contribution >= 4 is 10.9 Å². The molecule has 0 saturated carbocycles. The molecule has 0 bridgehead atoms. The van der Waals surface area contributed by atoms with Gasteiger partial charge in [-0.1, -0.05) is 19.4 Å². The van der Waals surface area contributed by atoms with E-state index in [1.165, 1.54) is 10.9 Å². The zero-order valence-electron chi connectivity index (χ0n) is 9.03. The van der Waals surface area contributed by atoms with Gasteiger partial charge in [0.2, 0.25) is 0 Å². The van der Waals surface area contributed by atoms with Crippen LogP contribution in [0.2, 0.25) is 0 Å². The molecule has 2 heteroatoms. The average molecular weight is 203 g/mol. The number of aromatic amines is 1. The molecule has 1 unspecified atom stereocenters. The topological polar surface area (TPSA) is 36.0 Å². The summed E-state index contributed by atoms with van der Waals surface area (Å²) in [6.45, 7) is 2.10. The highest BCUT2D eigenvalue weighted by molar-refractivity contribution is 5.79. The molecule has 0 spiro atoms. The first-order valence-corrected chi connectivity index (χ1v) is 5.53. The highest BCUT2D eigenvalue weighted by atomic mass is 16.3. The average Bonchev–Trinajstić information content (AvgIpc) is 2.65. The standard InChI is InChI=1S/C13H17NO/c1-2-3-12(15)9-10-4-5-13-11(8-10)6-7-14-13/h4-8,12,14-15H,2-3,9H2,1H3. The van der Waals surface area contributed by atoms with Crippen LogP contribution < -0.4 is 0 Å². The Hall–Kier alpha value is -1.28. The van der Waals surface area contributed by atoms with E-state index in [-0.39, 0.29) is 6.10 Å². The van der Waals surface area contributed by atoms with Gasteiger partial charge in [-0.15, -0.1) is 0 Å². The van der Waals surface area contributed by atoms with E-state index in [9.17, 15) is 5.11 Å². The van der Waals surface area contributed by atoms with Gasteiger partial charge in [-0.25, -0.2) is 0 Å². The number of hydrogen-bond acceptors (Lipinski definition) is 1. The zero-order chi connectivity index (χ0) is 10.7. The van der Waals surface area contributed by atoms with E-state index in [0.29, 0.717) is 0 Å². The molecule has 2 N–H and O–H groups in total. The quantitative estimate of drug-likeness (QED) is 0.787. The van der Waals surface area contributed by atoms with Crippen LogP contribution in [-0.2, 0) is 6.42 Å². The Labute approximate surface area is 89.9 Å². The van der Waals surface area contributed by atoms with E-state index in [1.54, 1.807) is 0 Å². The van der Waals surface area contributed by atoms with E-state index in [4.69, 9.17) is 0 Å². The number of rotatable bonds is 4. The summed E-state index contributed by atoms with van der Waals surface area (Å²) in [5.41, 5.74) is 2.37. The normalized spacial score (nSPS) is 13.2. The molecule has 1 atom stereocenters. The Kier molecular flexibility index (Phi) is 3.07. The third-order valence-corrected chi connectivity index (χ3v) is 2.71. The van der Waals surface area contributed by atoms with Gasteiger partial charge in [-0.05, 0) is 42.0 Å². The minimum Gasteiger partial charge on any atom is -0.393 e. The third-order valence-electron chi connectivity index (χ3n) is 2.71. The smallest absolute Gasteiger partial charge is 0.0580 e. The van der Waals surface area contributed by atoms with Gasteiger partial charge in [0.05, 0.1) is 6.10 Å². The van der Waals surface area contributed by atoms with Gasteiger partial charge in [-0.2, -0.15) is 0 Å². The monoisotopic (exact) mass is 203 g/mol. The molecule has 15 heavy (non-hydrogen) atoms. The fraction of sp³-hybridized carbons (Fsp3) is 0.385. The number of aromatic nitrogens is 1. The van der Waals surface area contributed by atoms with Crippen molar-refractivity contribution < 1.29 is 5.11 Å². The summed E-state index contributed by atoms with van der Waals surface area (Å²) in [5, 5.41) is 10.9. The zero-order valence-corrected chi connectivity index (χ0v) is 9.03. The fourth-order valence-electron chi connectivity index (χ4n) is 1.94. The molecule has 80 valence electrons. The Morgan fingerprint density at radius 2 is 2.20 bits per heavy atom. The van der Waals surface area contributed by atoms with Gasteiger partial charge >= 0.3 is 0 Å². The van der Waals surface area contributed by atoms with Crippen molar-refractivity contribution in [3.05, 3.63) is 36.0 Å². The maximum atomic E-state index is 9.72. The molecule has 2 nitrogen and oxygen atoms in total. The maximum absolute atomic E-state index is 9.72. The van der Waals surface area contributed by atoms with Gasteiger partial charge in [0, 0.05) is 11.7 Å². The molecule has 0 aliphatic rings. The van der Waals surface area contributed by atoms with Crippen LogP contribution in [0.15, 0.2) is 30.5 Å². The summed E-state index contributed by atoms with van der Waals surface area (Å²) < 4.78 is 0. The first-order chi connectivity index (χ1) is 7.29. The van der Waals surface area contributed by atoms with Crippen LogP contribution in [0.25, 0.3) is 10.9 Å². The maximum Gasteiger partial charge on any atom is 0.0580 e. The molecule has 0 saturated heterocycles. The van der Waals surface area contributed by atoms with Crippen molar-refractivity contribution in [1.29, 1.82) is 0 Å². The summed E-state index contributed by atoms with van der Waals surface area (Å²) in [6.07, 6.45) is 4.41. The Morgan fingerprint density at radius 1 is 1.33 bits per heavy atom. The number of H-pyrrole nitrogens is 1. The van der Waals surface area contributed by atoms with Gasteiger partial charge in [0.25, 0.3) is 0 Å². The van der Waals surface area contributed by atoms with Crippen molar-refractivity contribution in [3.63, 3.8) is 0 Å². The second kappa shape index (κ2) is 4.49. The lowest BCUT2D eigenvalue weighted by Crippen LogP contribution is -2.09. The summed E-state index contributed by atoms with van der Waals surface area (Å²) in [6, 6.07) is 8.36. The van der Waals surface area contributed by atoms with E-state index in [1.807, 2.05) is 6.20 Å². The largest absolute Gasteiger partial charge is 0.393 e. The number of nitrogens with one attached hydrogen (secondary N) is 1. The SMILES string of the molecule is CCCC(O)Cc1ccc2[nH]ccc2c1. The Balaban J connectivity index is 2.14.